The minimum absolute atomic E-state index is 0. The number of piperidine rings is 3. The molecule has 0 spiro atoms. The number of hydrogen-bond acceptors (Lipinski definition) is 13. The van der Waals surface area contributed by atoms with Crippen molar-refractivity contribution >= 4 is 63.1 Å². The Kier molecular flexibility index (Phi) is 28.2. The molecule has 7 rings (SSSR count). The molecule has 3 fully saturated rings. The summed E-state index contributed by atoms with van der Waals surface area (Å²) in [5.41, 5.74) is 3.69. The molecule has 3 aliphatic heterocycles. The summed E-state index contributed by atoms with van der Waals surface area (Å²) < 4.78 is 38.2. The average molecular weight is 1090 g/mol. The van der Waals surface area contributed by atoms with Gasteiger partial charge in [0.15, 0.2) is 0 Å². The van der Waals surface area contributed by atoms with Crippen molar-refractivity contribution in [2.75, 3.05) is 124 Å². The second kappa shape index (κ2) is 33.0. The van der Waals surface area contributed by atoms with Crippen LogP contribution in [0.2, 0.25) is 5.02 Å². The van der Waals surface area contributed by atoms with E-state index in [1.54, 1.807) is 83.4 Å². The molecule has 1 N–H and O–H groups in total. The summed E-state index contributed by atoms with van der Waals surface area (Å²) in [6.45, 7) is 15.8. The molecule has 3 saturated heterocycles. The van der Waals surface area contributed by atoms with Crippen molar-refractivity contribution in [3.63, 3.8) is 0 Å². The summed E-state index contributed by atoms with van der Waals surface area (Å²) in [7, 11) is 4.95. The van der Waals surface area contributed by atoms with Crippen LogP contribution in [-0.4, -0.2) is 174 Å². The number of anilines is 2. The number of rotatable bonds is 16. The maximum Gasteiger partial charge on any atom is 0.248 e. The molecule has 0 unspecified atom stereocenters. The van der Waals surface area contributed by atoms with Crippen molar-refractivity contribution in [3.05, 3.63) is 102 Å². The highest BCUT2D eigenvalue weighted by atomic mass is 35.5. The molecule has 17 nitrogen and oxygen atoms in total. The number of aryl methyl sites for hydroxylation is 2. The Morgan fingerprint density at radius 3 is 1.43 bits per heavy atom. The van der Waals surface area contributed by atoms with Crippen molar-refractivity contribution in [1.82, 2.24) is 39.3 Å². The number of sulfonamides is 1. The van der Waals surface area contributed by atoms with E-state index in [4.69, 9.17) is 21.1 Å². The molecule has 0 aliphatic carbocycles. The van der Waals surface area contributed by atoms with E-state index in [1.165, 1.54) is 35.6 Å². The average Bonchev–Trinajstić information content (AvgIpc) is 3.39. The van der Waals surface area contributed by atoms with Crippen LogP contribution in [0.15, 0.2) is 90.6 Å². The lowest BCUT2D eigenvalue weighted by molar-refractivity contribution is -0.135. The Morgan fingerprint density at radius 1 is 0.662 bits per heavy atom. The fraction of sp³-hybridized carbons (Fsp3) is 0.556. The Balaban J connectivity index is 0.000000311. The van der Waals surface area contributed by atoms with E-state index in [2.05, 4.69) is 42.2 Å². The number of carbonyl (C=O) groups excluding carboxylic acids is 3. The van der Waals surface area contributed by atoms with Crippen LogP contribution in [0.3, 0.4) is 0 Å². The molecule has 4 aromatic rings. The van der Waals surface area contributed by atoms with Gasteiger partial charge in [-0.3, -0.25) is 29.3 Å². The SMILES string of the molecule is CC(=O)N(C)CC1CCN(c2ccncc2)CC1.CC(=O)N(C)CC1CCNCC1.COc1cc(C)c(S(=O)(=O)N(C)CCOCC(=O)N(C)CC2CCN(c3ccncc3)CC2)c(C)c1.Cl.Clc1ccncc1. The standard InChI is InChI=1S/C26H38N4O5S.C14H21N3O.C9H18N2O.C5H4ClN.ClH/c1-20-16-24(34-5)17-21(2)26(20)36(32,33)29(4)14-15-35-19-25(31)28(3)18-22-8-12-30(13-9-22)23-6-10-27-11-7-23;1-12(18)16(2)11-13-5-9-17(10-6-13)14-3-7-15-8-4-14;1-8(12)11(2)7-9-3-5-10-6-4-9;6-5-1-3-7-4-2-5;/h6-7,10-11,16-17,22H,8-9,12-15,18-19H2,1-5H3;3-4,7-8,13H,5-6,9-11H2,1-2H3;9-10H,3-7H2,1-2H3;1-4H;1H. The van der Waals surface area contributed by atoms with E-state index >= 15 is 0 Å². The summed E-state index contributed by atoms with van der Waals surface area (Å²) in [6, 6.07) is 15.1. The first-order valence-corrected chi connectivity index (χ1v) is 27.1. The van der Waals surface area contributed by atoms with Crippen LogP contribution in [0.25, 0.3) is 0 Å². The molecule has 0 atom stereocenters. The molecule has 1 aromatic carbocycles. The number of pyridine rings is 3. The van der Waals surface area contributed by atoms with Crippen LogP contribution in [0.5, 0.6) is 5.75 Å². The van der Waals surface area contributed by atoms with Crippen LogP contribution in [0.4, 0.5) is 11.4 Å². The quantitative estimate of drug-likeness (QED) is 0.113. The minimum atomic E-state index is -3.69. The number of amides is 3. The zero-order valence-electron chi connectivity index (χ0n) is 45.1. The van der Waals surface area contributed by atoms with Gasteiger partial charge in [0.05, 0.1) is 18.6 Å². The number of benzene rings is 1. The lowest BCUT2D eigenvalue weighted by atomic mass is 9.96. The number of carbonyl (C=O) groups is 3. The zero-order valence-corrected chi connectivity index (χ0v) is 47.5. The van der Waals surface area contributed by atoms with Crippen LogP contribution in [0, 0.1) is 31.6 Å². The highest BCUT2D eigenvalue weighted by Crippen LogP contribution is 2.28. The van der Waals surface area contributed by atoms with Gasteiger partial charge >= 0.3 is 0 Å². The maximum absolute atomic E-state index is 13.1. The predicted octanol–water partition coefficient (Wildman–Crippen LogP) is 7.12. The molecular formula is C54H82Cl2N10O7S. The molecule has 3 aliphatic rings. The zero-order chi connectivity index (χ0) is 53.3. The molecule has 0 saturated carbocycles. The number of nitrogens with zero attached hydrogens (tertiary/aromatic N) is 9. The van der Waals surface area contributed by atoms with E-state index < -0.39 is 10.0 Å². The molecule has 3 amide bonds. The monoisotopic (exact) mass is 1080 g/mol. The van der Waals surface area contributed by atoms with Gasteiger partial charge in [-0.05, 0) is 143 Å². The first-order chi connectivity index (χ1) is 34.9. The Morgan fingerprint density at radius 2 is 1.05 bits per heavy atom. The largest absolute Gasteiger partial charge is 0.497 e. The number of ether oxygens (including phenoxy) is 2. The third-order valence-electron chi connectivity index (χ3n) is 13.6. The van der Waals surface area contributed by atoms with Gasteiger partial charge < -0.3 is 39.3 Å². The third-order valence-corrected chi connectivity index (χ3v) is 16.0. The first kappa shape index (κ1) is 63.2. The number of hydrogen-bond donors (Lipinski definition) is 1. The van der Waals surface area contributed by atoms with Crippen molar-refractivity contribution in [3.8, 4) is 5.75 Å². The fourth-order valence-electron chi connectivity index (χ4n) is 8.95. The van der Waals surface area contributed by atoms with Gasteiger partial charge in [-0.1, -0.05) is 11.6 Å². The lowest BCUT2D eigenvalue weighted by Gasteiger charge is -2.35. The molecule has 20 heteroatoms. The van der Waals surface area contributed by atoms with Crippen molar-refractivity contribution in [2.24, 2.45) is 17.8 Å². The van der Waals surface area contributed by atoms with Crippen LogP contribution in [0.1, 0.15) is 63.5 Å². The second-order valence-electron chi connectivity index (χ2n) is 19.2. The fourth-order valence-corrected chi connectivity index (χ4v) is 10.6. The summed E-state index contributed by atoms with van der Waals surface area (Å²) >= 11 is 5.50. The van der Waals surface area contributed by atoms with Crippen LogP contribution in [-0.2, 0) is 29.1 Å². The summed E-state index contributed by atoms with van der Waals surface area (Å²) in [6.07, 6.45) is 17.4. The van der Waals surface area contributed by atoms with Crippen LogP contribution < -0.4 is 19.9 Å². The highest BCUT2D eigenvalue weighted by molar-refractivity contribution is 7.89. The smallest absolute Gasteiger partial charge is 0.248 e. The van der Waals surface area contributed by atoms with E-state index in [0.717, 1.165) is 83.1 Å². The minimum Gasteiger partial charge on any atom is -0.497 e. The molecule has 74 heavy (non-hydrogen) atoms. The van der Waals surface area contributed by atoms with Gasteiger partial charge in [-0.2, -0.15) is 4.31 Å². The predicted molar refractivity (Wildman–Crippen MR) is 298 cm³/mol. The maximum atomic E-state index is 13.1. The van der Waals surface area contributed by atoms with E-state index in [9.17, 15) is 22.8 Å². The molecule has 0 radical (unpaired) electrons. The van der Waals surface area contributed by atoms with E-state index in [-0.39, 0.29) is 54.8 Å². The van der Waals surface area contributed by atoms with Gasteiger partial charge in [0.25, 0.3) is 0 Å². The Bertz CT molecular complexity index is 2340. The van der Waals surface area contributed by atoms with Crippen LogP contribution >= 0.6 is 24.0 Å². The summed E-state index contributed by atoms with van der Waals surface area (Å²) in [5.74, 6) is 2.65. The topological polar surface area (TPSA) is 174 Å². The number of methoxy groups -OCH3 is 1. The number of aromatic nitrogens is 3. The van der Waals surface area contributed by atoms with Crippen molar-refractivity contribution in [2.45, 2.75) is 71.1 Å². The van der Waals surface area contributed by atoms with Gasteiger partial charge in [0.1, 0.15) is 12.4 Å². The van der Waals surface area contributed by atoms with Gasteiger partial charge in [0.2, 0.25) is 27.7 Å². The van der Waals surface area contributed by atoms with Gasteiger partial charge in [-0.25, -0.2) is 8.42 Å². The third kappa shape index (κ3) is 21.6. The Hall–Kier alpha value is -5.11. The molecular weight excluding hydrogens is 1000 g/mol. The number of likely N-dealkylation sites (N-methyl/N-ethyl adjacent to an activating group) is 2. The summed E-state index contributed by atoms with van der Waals surface area (Å²) in [4.78, 5) is 57.0. The summed E-state index contributed by atoms with van der Waals surface area (Å²) in [5, 5.41) is 4.05. The van der Waals surface area contributed by atoms with E-state index in [1.807, 2.05) is 60.8 Å². The normalized spacial score (nSPS) is 15.2. The lowest BCUT2D eigenvalue weighted by Crippen LogP contribution is -2.40. The van der Waals surface area contributed by atoms with Crippen molar-refractivity contribution in [1.29, 1.82) is 0 Å². The molecule has 6 heterocycles. The first-order valence-electron chi connectivity index (χ1n) is 25.3. The molecule has 0 bridgehead atoms. The second-order valence-corrected chi connectivity index (χ2v) is 21.6. The molecule has 410 valence electrons. The Labute approximate surface area is 452 Å². The number of nitrogens with one attached hydrogen (secondary N) is 1. The van der Waals surface area contributed by atoms with Gasteiger partial charge in [-0.15, -0.1) is 12.4 Å². The number of halogens is 2. The van der Waals surface area contributed by atoms with Crippen molar-refractivity contribution < 1.29 is 32.3 Å². The van der Waals surface area contributed by atoms with Gasteiger partial charge in [0, 0.05) is 148 Å². The molecule has 3 aromatic heterocycles. The van der Waals surface area contributed by atoms with E-state index in [0.29, 0.717) is 41.2 Å². The highest BCUT2D eigenvalue weighted by Gasteiger charge is 2.27.